The van der Waals surface area contributed by atoms with Crippen LogP contribution in [0.2, 0.25) is 0 Å². The maximum Gasteiger partial charge on any atom is 0.180 e. The summed E-state index contributed by atoms with van der Waals surface area (Å²) in [4.78, 5) is 12.6. The molecule has 3 aromatic rings. The van der Waals surface area contributed by atoms with Gasteiger partial charge in [0.25, 0.3) is 0 Å². The summed E-state index contributed by atoms with van der Waals surface area (Å²) in [6.07, 6.45) is 7.88. The molecule has 0 amide bonds. The fourth-order valence-electron chi connectivity index (χ4n) is 3.11. The van der Waals surface area contributed by atoms with Crippen LogP contribution in [-0.4, -0.2) is 31.7 Å². The van der Waals surface area contributed by atoms with Crippen LogP contribution in [0.15, 0.2) is 48.9 Å². The predicted molar refractivity (Wildman–Crippen MR) is 91.3 cm³/mol. The van der Waals surface area contributed by atoms with E-state index < -0.39 is 0 Å². The van der Waals surface area contributed by atoms with Gasteiger partial charge in [-0.1, -0.05) is 6.42 Å². The topological polar surface area (TPSA) is 76.5 Å². The molecule has 1 aliphatic rings. The van der Waals surface area contributed by atoms with Crippen molar-refractivity contribution in [3.8, 4) is 11.5 Å². The molecule has 0 aromatic carbocycles. The molecular weight excluding hydrogens is 319 g/mol. The van der Waals surface area contributed by atoms with E-state index in [2.05, 4.69) is 30.5 Å². The van der Waals surface area contributed by atoms with Gasteiger partial charge in [0.2, 0.25) is 0 Å². The quantitative estimate of drug-likeness (QED) is 0.772. The molecule has 1 N–H and O–H groups in total. The number of nitrogens with zero attached hydrogens (tertiary/aromatic N) is 5. The number of aromatic nitrogens is 5. The Balaban J connectivity index is 1.48. The van der Waals surface area contributed by atoms with Crippen molar-refractivity contribution in [3.05, 3.63) is 60.4 Å². The lowest BCUT2D eigenvalue weighted by molar-refractivity contribution is 0.243. The summed E-state index contributed by atoms with van der Waals surface area (Å²) in [5.41, 5.74) is 0.880. The minimum absolute atomic E-state index is 0.244. The van der Waals surface area contributed by atoms with Crippen molar-refractivity contribution in [2.24, 2.45) is 0 Å². The minimum Gasteiger partial charge on any atom is -0.368 e. The highest BCUT2D eigenvalue weighted by atomic mass is 19.1. The first-order chi connectivity index (χ1) is 12.3. The lowest BCUT2D eigenvalue weighted by Crippen LogP contribution is -2.42. The average Bonchev–Trinajstić information content (AvgIpc) is 2.63. The summed E-state index contributed by atoms with van der Waals surface area (Å²) in [6.45, 7) is 0.580. The third kappa shape index (κ3) is 3.05. The smallest absolute Gasteiger partial charge is 0.180 e. The van der Waals surface area contributed by atoms with Crippen LogP contribution < -0.4 is 5.32 Å². The Morgan fingerprint density at radius 1 is 0.960 bits per heavy atom. The second-order valence-electron chi connectivity index (χ2n) is 6.20. The van der Waals surface area contributed by atoms with E-state index >= 15 is 0 Å². The lowest BCUT2D eigenvalue weighted by Gasteiger charge is -2.41. The Morgan fingerprint density at radius 2 is 1.76 bits per heavy atom. The van der Waals surface area contributed by atoms with Crippen molar-refractivity contribution in [2.45, 2.75) is 24.7 Å². The van der Waals surface area contributed by atoms with Gasteiger partial charge in [-0.3, -0.25) is 4.98 Å². The summed E-state index contributed by atoms with van der Waals surface area (Å²) in [7, 11) is 0. The molecule has 7 heteroatoms. The van der Waals surface area contributed by atoms with Gasteiger partial charge in [0.1, 0.15) is 17.3 Å². The molecule has 0 unspecified atom stereocenters. The molecule has 1 aliphatic carbocycles. The van der Waals surface area contributed by atoms with Gasteiger partial charge in [0.05, 0.1) is 5.69 Å². The molecule has 0 atom stereocenters. The first-order valence-electron chi connectivity index (χ1n) is 8.23. The van der Waals surface area contributed by atoms with Crippen LogP contribution in [0.25, 0.3) is 11.5 Å². The molecule has 1 saturated carbocycles. The fraction of sp³-hybridized carbons (Fsp3) is 0.278. The van der Waals surface area contributed by atoms with E-state index in [1.165, 1.54) is 6.07 Å². The SMILES string of the molecule is Fc1cccnc1C1(CNc2ccc(-c3ncccn3)nn2)CCC1. The summed E-state index contributed by atoms with van der Waals surface area (Å²) in [5.74, 6) is 0.932. The molecule has 1 fully saturated rings. The van der Waals surface area contributed by atoms with Gasteiger partial charge in [-0.15, -0.1) is 10.2 Å². The van der Waals surface area contributed by atoms with Gasteiger partial charge in [-0.25, -0.2) is 14.4 Å². The highest BCUT2D eigenvalue weighted by Crippen LogP contribution is 2.43. The number of hydrogen-bond donors (Lipinski definition) is 1. The van der Waals surface area contributed by atoms with E-state index in [0.29, 0.717) is 29.6 Å². The zero-order chi connectivity index (χ0) is 17.1. The summed E-state index contributed by atoms with van der Waals surface area (Å²) in [6, 6.07) is 8.49. The largest absolute Gasteiger partial charge is 0.368 e. The molecule has 3 heterocycles. The maximum atomic E-state index is 14.1. The minimum atomic E-state index is -0.270. The zero-order valence-corrected chi connectivity index (χ0v) is 13.6. The van der Waals surface area contributed by atoms with Crippen LogP contribution in [0.5, 0.6) is 0 Å². The van der Waals surface area contributed by atoms with Gasteiger partial charge in [0, 0.05) is 30.6 Å². The van der Waals surface area contributed by atoms with E-state index in [1.54, 1.807) is 30.7 Å². The third-order valence-electron chi connectivity index (χ3n) is 4.64. The van der Waals surface area contributed by atoms with Crippen LogP contribution >= 0.6 is 0 Å². The molecule has 0 aliphatic heterocycles. The van der Waals surface area contributed by atoms with Crippen LogP contribution in [-0.2, 0) is 5.41 Å². The van der Waals surface area contributed by atoms with Crippen molar-refractivity contribution < 1.29 is 4.39 Å². The zero-order valence-electron chi connectivity index (χ0n) is 13.6. The van der Waals surface area contributed by atoms with E-state index in [4.69, 9.17) is 0 Å². The van der Waals surface area contributed by atoms with Crippen LogP contribution in [0.4, 0.5) is 10.2 Å². The molecule has 126 valence electrons. The standard InChI is InChI=1S/C18H17FN6/c19-13-4-1-9-20-16(13)18(7-2-8-18)12-23-15-6-5-14(24-25-15)17-21-10-3-11-22-17/h1,3-6,9-11H,2,7-8,12H2,(H,23,25). The second-order valence-corrected chi connectivity index (χ2v) is 6.20. The van der Waals surface area contributed by atoms with Crippen molar-refractivity contribution in [1.29, 1.82) is 0 Å². The lowest BCUT2D eigenvalue weighted by atomic mass is 9.66. The number of hydrogen-bond acceptors (Lipinski definition) is 6. The van der Waals surface area contributed by atoms with E-state index in [9.17, 15) is 4.39 Å². The summed E-state index contributed by atoms with van der Waals surface area (Å²) in [5, 5.41) is 11.6. The van der Waals surface area contributed by atoms with Crippen LogP contribution in [0.1, 0.15) is 25.0 Å². The molecule has 4 rings (SSSR count). The Bertz CT molecular complexity index is 849. The number of rotatable bonds is 5. The summed E-state index contributed by atoms with van der Waals surface area (Å²) < 4.78 is 14.1. The van der Waals surface area contributed by atoms with Gasteiger partial charge in [0.15, 0.2) is 5.82 Å². The number of halogens is 1. The normalized spacial score (nSPS) is 15.4. The Morgan fingerprint density at radius 3 is 2.40 bits per heavy atom. The molecule has 0 radical (unpaired) electrons. The van der Waals surface area contributed by atoms with Crippen molar-refractivity contribution in [3.63, 3.8) is 0 Å². The first-order valence-corrected chi connectivity index (χ1v) is 8.23. The predicted octanol–water partition coefficient (Wildman–Crippen LogP) is 3.00. The van der Waals surface area contributed by atoms with Gasteiger partial charge >= 0.3 is 0 Å². The molecule has 0 bridgehead atoms. The average molecular weight is 336 g/mol. The van der Waals surface area contributed by atoms with Gasteiger partial charge in [-0.2, -0.15) is 0 Å². The number of anilines is 1. The van der Waals surface area contributed by atoms with E-state index in [1.807, 2.05) is 12.1 Å². The number of nitrogens with one attached hydrogen (secondary N) is 1. The second kappa shape index (κ2) is 6.51. The maximum absolute atomic E-state index is 14.1. The monoisotopic (exact) mass is 336 g/mol. The van der Waals surface area contributed by atoms with Crippen molar-refractivity contribution >= 4 is 5.82 Å². The Hall–Kier alpha value is -2.96. The molecule has 3 aromatic heterocycles. The van der Waals surface area contributed by atoms with Crippen LogP contribution in [0, 0.1) is 5.82 Å². The first kappa shape index (κ1) is 15.6. The Kier molecular flexibility index (Phi) is 4.05. The molecular formula is C18H17FN6. The highest BCUT2D eigenvalue weighted by Gasteiger charge is 2.41. The Labute approximate surface area is 144 Å². The third-order valence-corrected chi connectivity index (χ3v) is 4.64. The van der Waals surface area contributed by atoms with E-state index in [-0.39, 0.29) is 11.2 Å². The fourth-order valence-corrected chi connectivity index (χ4v) is 3.11. The molecule has 0 saturated heterocycles. The molecule has 0 spiro atoms. The van der Waals surface area contributed by atoms with Crippen LogP contribution in [0.3, 0.4) is 0 Å². The number of pyridine rings is 1. The highest BCUT2D eigenvalue weighted by molar-refractivity contribution is 5.50. The van der Waals surface area contributed by atoms with Crippen molar-refractivity contribution in [1.82, 2.24) is 25.1 Å². The van der Waals surface area contributed by atoms with Crippen molar-refractivity contribution in [2.75, 3.05) is 11.9 Å². The molecule has 25 heavy (non-hydrogen) atoms. The summed E-state index contributed by atoms with van der Waals surface area (Å²) >= 11 is 0. The van der Waals surface area contributed by atoms with Gasteiger partial charge < -0.3 is 5.32 Å². The van der Waals surface area contributed by atoms with E-state index in [0.717, 1.165) is 19.3 Å². The molecule has 6 nitrogen and oxygen atoms in total. The van der Waals surface area contributed by atoms with Gasteiger partial charge in [-0.05, 0) is 43.2 Å².